The van der Waals surface area contributed by atoms with Crippen LogP contribution >= 0.6 is 0 Å². The zero-order valence-electron chi connectivity index (χ0n) is 8.77. The molecule has 1 aromatic heterocycles. The van der Waals surface area contributed by atoms with E-state index in [-0.39, 0.29) is 5.69 Å². The fourth-order valence-corrected chi connectivity index (χ4v) is 1.96. The summed E-state index contributed by atoms with van der Waals surface area (Å²) in [6.07, 6.45) is 1.60. The summed E-state index contributed by atoms with van der Waals surface area (Å²) in [5.41, 5.74) is 1.38. The summed E-state index contributed by atoms with van der Waals surface area (Å²) >= 11 is 0. The summed E-state index contributed by atoms with van der Waals surface area (Å²) in [5.74, 6) is 0.687. The summed E-state index contributed by atoms with van der Waals surface area (Å²) in [5, 5.41) is 3.96. The second-order valence-corrected chi connectivity index (χ2v) is 3.56. The third-order valence-electron chi connectivity index (χ3n) is 2.69. The van der Waals surface area contributed by atoms with E-state index in [9.17, 15) is 4.79 Å². The highest BCUT2D eigenvalue weighted by Gasteiger charge is 2.14. The van der Waals surface area contributed by atoms with Gasteiger partial charge in [-0.25, -0.2) is 9.79 Å². The minimum absolute atomic E-state index is 0.249. The van der Waals surface area contributed by atoms with Gasteiger partial charge in [0, 0.05) is 6.54 Å². The van der Waals surface area contributed by atoms with Crippen LogP contribution in [0.2, 0.25) is 0 Å². The van der Waals surface area contributed by atoms with Crippen LogP contribution in [0.4, 0.5) is 11.5 Å². The van der Waals surface area contributed by atoms with E-state index in [1.165, 1.54) is 0 Å². The monoisotopic (exact) mass is 214 g/mol. The molecule has 0 unspecified atom stereocenters. The van der Waals surface area contributed by atoms with Crippen molar-refractivity contribution in [2.24, 2.45) is 4.99 Å². The minimum atomic E-state index is -0.249. The molecular weight excluding hydrogens is 204 g/mol. The standard InChI is InChI=1S/C11H10N4O/c1-2-15-10-9-7(12-6-13-10)4-3-5-8(9)14-11(15)16/h3-6H,2H2,1H3,(H,12,13). The summed E-state index contributed by atoms with van der Waals surface area (Å²) < 4.78 is 1.57. The van der Waals surface area contributed by atoms with Crippen molar-refractivity contribution in [3.8, 4) is 0 Å². The van der Waals surface area contributed by atoms with Crippen molar-refractivity contribution in [2.75, 3.05) is 5.32 Å². The van der Waals surface area contributed by atoms with Crippen LogP contribution in [0.15, 0.2) is 28.0 Å². The van der Waals surface area contributed by atoms with Gasteiger partial charge in [-0.1, -0.05) is 6.07 Å². The van der Waals surface area contributed by atoms with E-state index >= 15 is 0 Å². The highest BCUT2D eigenvalue weighted by Crippen LogP contribution is 2.31. The molecule has 0 radical (unpaired) electrons. The van der Waals surface area contributed by atoms with Gasteiger partial charge in [-0.3, -0.25) is 4.57 Å². The van der Waals surface area contributed by atoms with Gasteiger partial charge in [-0.15, -0.1) is 0 Å². The Balaban J connectivity index is 2.56. The Morgan fingerprint density at radius 2 is 2.31 bits per heavy atom. The van der Waals surface area contributed by atoms with Gasteiger partial charge in [-0.05, 0) is 19.1 Å². The summed E-state index contributed by atoms with van der Waals surface area (Å²) in [4.78, 5) is 20.0. The zero-order valence-corrected chi connectivity index (χ0v) is 8.77. The fourth-order valence-electron chi connectivity index (χ4n) is 1.96. The fraction of sp³-hybridized carbons (Fsp3) is 0.182. The lowest BCUT2D eigenvalue weighted by Crippen LogP contribution is -2.23. The second-order valence-electron chi connectivity index (χ2n) is 3.56. The van der Waals surface area contributed by atoms with Crippen LogP contribution in [0.25, 0.3) is 10.9 Å². The lowest BCUT2D eigenvalue weighted by atomic mass is 10.2. The van der Waals surface area contributed by atoms with Crippen LogP contribution in [-0.4, -0.2) is 15.9 Å². The number of hydrogen-bond acceptors (Lipinski definition) is 4. The van der Waals surface area contributed by atoms with Crippen LogP contribution in [0.3, 0.4) is 0 Å². The molecule has 0 bridgehead atoms. The predicted octanol–water partition coefficient (Wildman–Crippen LogP) is 1.50. The second kappa shape index (κ2) is 3.16. The van der Waals surface area contributed by atoms with Crippen molar-refractivity contribution in [3.63, 3.8) is 0 Å². The summed E-state index contributed by atoms with van der Waals surface area (Å²) in [7, 11) is 0. The van der Waals surface area contributed by atoms with Crippen molar-refractivity contribution in [3.05, 3.63) is 28.7 Å². The zero-order chi connectivity index (χ0) is 11.1. The summed E-state index contributed by atoms with van der Waals surface area (Å²) in [6.45, 7) is 2.48. The first-order chi connectivity index (χ1) is 7.81. The van der Waals surface area contributed by atoms with E-state index in [0.29, 0.717) is 17.9 Å². The molecule has 5 heteroatoms. The highest BCUT2D eigenvalue weighted by molar-refractivity contribution is 6.05. The molecule has 2 aromatic rings. The lowest BCUT2D eigenvalue weighted by molar-refractivity contribution is 0.712. The number of rotatable bonds is 1. The van der Waals surface area contributed by atoms with Crippen LogP contribution < -0.4 is 11.0 Å². The molecule has 0 amide bonds. The topological polar surface area (TPSA) is 59.3 Å². The summed E-state index contributed by atoms with van der Waals surface area (Å²) in [6, 6.07) is 5.64. The van der Waals surface area contributed by atoms with Crippen molar-refractivity contribution in [1.82, 2.24) is 9.55 Å². The molecule has 1 aliphatic heterocycles. The third-order valence-corrected chi connectivity index (χ3v) is 2.69. The molecule has 0 spiro atoms. The van der Waals surface area contributed by atoms with Crippen molar-refractivity contribution in [2.45, 2.75) is 13.5 Å². The molecule has 3 rings (SSSR count). The SMILES string of the molecule is CCn1c2c3c(cccc3nc1=O)NC=N2. The number of benzene rings is 1. The third kappa shape index (κ3) is 1.08. The minimum Gasteiger partial charge on any atom is -0.346 e. The molecule has 0 atom stereocenters. The molecule has 1 N–H and O–H groups in total. The molecular formula is C11H10N4O. The van der Waals surface area contributed by atoms with Gasteiger partial charge in [-0.2, -0.15) is 4.98 Å². The molecule has 80 valence electrons. The average Bonchev–Trinajstić information content (AvgIpc) is 2.30. The first-order valence-corrected chi connectivity index (χ1v) is 5.14. The van der Waals surface area contributed by atoms with E-state index in [1.807, 2.05) is 25.1 Å². The highest BCUT2D eigenvalue weighted by atomic mass is 16.1. The van der Waals surface area contributed by atoms with E-state index < -0.39 is 0 Å². The van der Waals surface area contributed by atoms with Crippen molar-refractivity contribution in [1.29, 1.82) is 0 Å². The maximum Gasteiger partial charge on any atom is 0.349 e. The predicted molar refractivity (Wildman–Crippen MR) is 63.5 cm³/mol. The molecule has 16 heavy (non-hydrogen) atoms. The smallest absolute Gasteiger partial charge is 0.346 e. The Labute approximate surface area is 91.5 Å². The van der Waals surface area contributed by atoms with Crippen LogP contribution in [0.1, 0.15) is 6.92 Å². The van der Waals surface area contributed by atoms with Gasteiger partial charge in [0.1, 0.15) is 5.82 Å². The number of hydrogen-bond donors (Lipinski definition) is 1. The van der Waals surface area contributed by atoms with Crippen LogP contribution in [0, 0.1) is 0 Å². The van der Waals surface area contributed by atoms with E-state index in [2.05, 4.69) is 15.3 Å². The van der Waals surface area contributed by atoms with Crippen molar-refractivity contribution < 1.29 is 0 Å². The molecule has 5 nitrogen and oxygen atoms in total. The number of aromatic nitrogens is 2. The molecule has 0 aliphatic carbocycles. The molecule has 0 saturated carbocycles. The first kappa shape index (κ1) is 9.08. The van der Waals surface area contributed by atoms with Gasteiger partial charge in [0.15, 0.2) is 0 Å². The molecule has 1 aliphatic rings. The van der Waals surface area contributed by atoms with Gasteiger partial charge >= 0.3 is 5.69 Å². The normalized spacial score (nSPS) is 12.8. The Hall–Kier alpha value is -2.17. The van der Waals surface area contributed by atoms with Crippen molar-refractivity contribution >= 4 is 28.7 Å². The lowest BCUT2D eigenvalue weighted by Gasteiger charge is -2.15. The molecule has 1 aromatic carbocycles. The number of aliphatic imine (C=N–C) groups is 1. The van der Waals surface area contributed by atoms with E-state index in [4.69, 9.17) is 0 Å². The van der Waals surface area contributed by atoms with Gasteiger partial charge in [0.25, 0.3) is 0 Å². The van der Waals surface area contributed by atoms with Gasteiger partial charge in [0.2, 0.25) is 0 Å². The van der Waals surface area contributed by atoms with E-state index in [0.717, 1.165) is 11.1 Å². The van der Waals surface area contributed by atoms with Crippen LogP contribution in [-0.2, 0) is 6.54 Å². The largest absolute Gasteiger partial charge is 0.349 e. The van der Waals surface area contributed by atoms with Gasteiger partial charge in [0.05, 0.1) is 22.9 Å². The quantitative estimate of drug-likeness (QED) is 0.782. The average molecular weight is 214 g/mol. The molecule has 0 saturated heterocycles. The molecule has 2 heterocycles. The Morgan fingerprint density at radius 3 is 3.12 bits per heavy atom. The molecule has 0 fully saturated rings. The van der Waals surface area contributed by atoms with Gasteiger partial charge < -0.3 is 5.32 Å². The number of nitrogens with one attached hydrogen (secondary N) is 1. The van der Waals surface area contributed by atoms with Crippen LogP contribution in [0.5, 0.6) is 0 Å². The van der Waals surface area contributed by atoms with E-state index in [1.54, 1.807) is 10.9 Å². The Kier molecular flexibility index (Phi) is 1.80. The maximum absolute atomic E-state index is 11.7. The Bertz CT molecular complexity index is 657. The Morgan fingerprint density at radius 1 is 1.44 bits per heavy atom. The first-order valence-electron chi connectivity index (χ1n) is 5.14. The number of anilines is 1. The number of nitrogens with zero attached hydrogens (tertiary/aromatic N) is 3. The maximum atomic E-state index is 11.7.